The van der Waals surface area contributed by atoms with Gasteiger partial charge in [-0.3, -0.25) is 4.79 Å². The van der Waals surface area contributed by atoms with Crippen LogP contribution in [0.25, 0.3) is 0 Å². The number of hydrogen-bond acceptors (Lipinski definition) is 4. The molecular weight excluding hydrogens is 397 g/mol. The van der Waals surface area contributed by atoms with Gasteiger partial charge in [-0.15, -0.1) is 0 Å². The minimum absolute atomic E-state index is 0.143. The Morgan fingerprint density at radius 1 is 1.21 bits per heavy atom. The maximum atomic E-state index is 12.2. The van der Waals surface area contributed by atoms with E-state index in [1.54, 1.807) is 24.3 Å². The van der Waals surface area contributed by atoms with Gasteiger partial charge in [0.2, 0.25) is 11.8 Å². The Labute approximate surface area is 165 Å². The van der Waals surface area contributed by atoms with Crippen LogP contribution in [0.4, 0.5) is 13.2 Å². The Morgan fingerprint density at radius 2 is 2.00 bits per heavy atom. The van der Waals surface area contributed by atoms with Gasteiger partial charge < -0.3 is 14.8 Å². The molecule has 9 heteroatoms. The highest BCUT2D eigenvalue weighted by Crippen LogP contribution is 2.22. The molecule has 0 spiro atoms. The maximum Gasteiger partial charge on any atom is 0.422 e. The number of alkyl halides is 3. The van der Waals surface area contributed by atoms with E-state index in [4.69, 9.17) is 16.3 Å². The van der Waals surface area contributed by atoms with Crippen LogP contribution in [0.2, 0.25) is 5.02 Å². The first-order valence-corrected chi connectivity index (χ1v) is 8.91. The zero-order chi connectivity index (χ0) is 20.6. The number of nitrogens with one attached hydrogen (secondary N) is 1. The molecule has 28 heavy (non-hydrogen) atoms. The third-order valence-corrected chi connectivity index (χ3v) is 3.85. The highest BCUT2D eigenvalue weighted by Gasteiger charge is 2.28. The number of carbonyl (C=O) groups excluding carboxylic acids is 1. The topological polar surface area (TPSA) is 60.5 Å². The van der Waals surface area contributed by atoms with Gasteiger partial charge in [0.25, 0.3) is 0 Å². The van der Waals surface area contributed by atoms with Crippen LogP contribution >= 0.6 is 11.6 Å². The van der Waals surface area contributed by atoms with E-state index in [2.05, 4.69) is 15.0 Å². The summed E-state index contributed by atoms with van der Waals surface area (Å²) in [5, 5.41) is 3.33. The molecule has 0 bridgehead atoms. The molecule has 0 aliphatic heterocycles. The zero-order valence-corrected chi connectivity index (χ0v) is 15.9. The average Bonchev–Trinajstić information content (AvgIpc) is 2.63. The number of benzene rings is 1. The van der Waals surface area contributed by atoms with Crippen molar-refractivity contribution in [1.82, 2.24) is 10.3 Å². The second-order valence-electron chi connectivity index (χ2n) is 6.04. The summed E-state index contributed by atoms with van der Waals surface area (Å²) in [6.07, 6.45) is -2.33. The number of halogens is 4. The Balaban J connectivity index is 1.69. The third-order valence-electron chi connectivity index (χ3n) is 3.62. The number of carbonyl (C=O) groups is 1. The van der Waals surface area contributed by atoms with E-state index in [-0.39, 0.29) is 24.8 Å². The van der Waals surface area contributed by atoms with Crippen LogP contribution in [0, 0.1) is 6.92 Å². The highest BCUT2D eigenvalue weighted by atomic mass is 35.5. The number of hydrogen-bond donors (Lipinski definition) is 1. The molecule has 0 aliphatic rings. The Kier molecular flexibility index (Phi) is 7.92. The van der Waals surface area contributed by atoms with Crippen LogP contribution < -0.4 is 14.8 Å². The molecule has 0 fully saturated rings. The number of pyridine rings is 1. The second kappa shape index (κ2) is 10.2. The average molecular weight is 417 g/mol. The van der Waals surface area contributed by atoms with Crippen molar-refractivity contribution in [3.63, 3.8) is 0 Å². The number of amides is 1. The Bertz CT molecular complexity index is 800. The summed E-state index contributed by atoms with van der Waals surface area (Å²) >= 11 is 5.88. The van der Waals surface area contributed by atoms with Crippen molar-refractivity contribution >= 4 is 17.5 Å². The summed E-state index contributed by atoms with van der Waals surface area (Å²) in [6, 6.07) is 8.26. The van der Waals surface area contributed by atoms with Gasteiger partial charge in [-0.25, -0.2) is 4.98 Å². The SMILES string of the molecule is Cc1cc(Cl)ccc1OCCCC(=O)NCc1ccnc(OCC(F)(F)F)c1. The fraction of sp³-hybridized carbons (Fsp3) is 0.368. The molecule has 2 aromatic rings. The van der Waals surface area contributed by atoms with Crippen LogP contribution in [0.5, 0.6) is 11.6 Å². The lowest BCUT2D eigenvalue weighted by atomic mass is 10.2. The van der Waals surface area contributed by atoms with Crippen LogP contribution in [0.1, 0.15) is 24.0 Å². The van der Waals surface area contributed by atoms with E-state index in [1.165, 1.54) is 12.3 Å². The van der Waals surface area contributed by atoms with Gasteiger partial charge in [0.1, 0.15) is 5.75 Å². The third kappa shape index (κ3) is 8.04. The van der Waals surface area contributed by atoms with Gasteiger partial charge in [-0.1, -0.05) is 11.6 Å². The van der Waals surface area contributed by atoms with Gasteiger partial charge in [-0.2, -0.15) is 13.2 Å². The predicted molar refractivity (Wildman–Crippen MR) is 98.6 cm³/mol. The fourth-order valence-corrected chi connectivity index (χ4v) is 2.50. The van der Waals surface area contributed by atoms with Crippen LogP contribution in [0.3, 0.4) is 0 Å². The van der Waals surface area contributed by atoms with Gasteiger partial charge in [0.05, 0.1) is 6.61 Å². The van der Waals surface area contributed by atoms with E-state index >= 15 is 0 Å². The number of ether oxygens (including phenoxy) is 2. The first kappa shape index (κ1) is 21.8. The molecule has 5 nitrogen and oxygen atoms in total. The predicted octanol–water partition coefficient (Wildman–Crippen LogP) is 4.46. The molecule has 0 aliphatic carbocycles. The fourth-order valence-electron chi connectivity index (χ4n) is 2.27. The maximum absolute atomic E-state index is 12.2. The quantitative estimate of drug-likeness (QED) is 0.613. The monoisotopic (exact) mass is 416 g/mol. The molecular formula is C19H20ClF3N2O3. The zero-order valence-electron chi connectivity index (χ0n) is 15.2. The summed E-state index contributed by atoms with van der Waals surface area (Å²) in [5.41, 5.74) is 1.51. The molecule has 2 rings (SSSR count). The summed E-state index contributed by atoms with van der Waals surface area (Å²) in [6.45, 7) is 1.01. The highest BCUT2D eigenvalue weighted by molar-refractivity contribution is 6.30. The van der Waals surface area contributed by atoms with Gasteiger partial charge in [-0.05, 0) is 48.7 Å². The summed E-state index contributed by atoms with van der Waals surface area (Å²) in [4.78, 5) is 15.6. The van der Waals surface area contributed by atoms with Crippen LogP contribution in [-0.2, 0) is 11.3 Å². The number of nitrogens with zero attached hydrogens (tertiary/aromatic N) is 1. The molecule has 1 amide bonds. The Hall–Kier alpha value is -2.48. The van der Waals surface area contributed by atoms with E-state index < -0.39 is 12.8 Å². The van der Waals surface area contributed by atoms with E-state index in [0.717, 1.165) is 5.56 Å². The molecule has 0 unspecified atom stereocenters. The molecule has 1 heterocycles. The van der Waals surface area contributed by atoms with Crippen molar-refractivity contribution in [1.29, 1.82) is 0 Å². The van der Waals surface area contributed by atoms with Gasteiger partial charge in [0.15, 0.2) is 6.61 Å². The minimum atomic E-state index is -4.43. The smallest absolute Gasteiger partial charge is 0.422 e. The van der Waals surface area contributed by atoms with Crippen LogP contribution in [0.15, 0.2) is 36.5 Å². The molecule has 0 saturated carbocycles. The van der Waals surface area contributed by atoms with E-state index in [9.17, 15) is 18.0 Å². The molecule has 1 aromatic carbocycles. The van der Waals surface area contributed by atoms with Gasteiger partial charge >= 0.3 is 6.18 Å². The standard InChI is InChI=1S/C19H20ClF3N2O3/c1-13-9-15(20)4-5-16(13)27-8-2-3-17(26)25-11-14-6-7-24-18(10-14)28-12-19(21,22)23/h4-7,9-10H,2-3,8,11-12H2,1H3,(H,25,26). The van der Waals surface area contributed by atoms with Crippen molar-refractivity contribution in [2.24, 2.45) is 0 Å². The first-order valence-electron chi connectivity index (χ1n) is 8.53. The second-order valence-corrected chi connectivity index (χ2v) is 6.48. The Morgan fingerprint density at radius 3 is 2.71 bits per heavy atom. The van der Waals surface area contributed by atoms with Crippen molar-refractivity contribution in [2.75, 3.05) is 13.2 Å². The van der Waals surface area contributed by atoms with Crippen molar-refractivity contribution in [3.05, 3.63) is 52.7 Å². The summed E-state index contributed by atoms with van der Waals surface area (Å²) < 4.78 is 46.7. The molecule has 152 valence electrons. The van der Waals surface area contributed by atoms with Crippen LogP contribution in [-0.4, -0.2) is 30.3 Å². The molecule has 0 saturated heterocycles. The lowest BCUT2D eigenvalue weighted by Crippen LogP contribution is -2.23. The normalized spacial score (nSPS) is 11.2. The van der Waals surface area contributed by atoms with Gasteiger partial charge in [0, 0.05) is 30.3 Å². The first-order chi connectivity index (χ1) is 13.2. The van der Waals surface area contributed by atoms with Crippen molar-refractivity contribution < 1.29 is 27.4 Å². The lowest BCUT2D eigenvalue weighted by Gasteiger charge is -2.10. The largest absolute Gasteiger partial charge is 0.493 e. The molecule has 0 atom stereocenters. The molecule has 1 N–H and O–H groups in total. The van der Waals surface area contributed by atoms with E-state index in [1.807, 2.05) is 6.92 Å². The summed E-state index contributed by atoms with van der Waals surface area (Å²) in [5.74, 6) is 0.384. The molecule has 1 aromatic heterocycles. The van der Waals surface area contributed by atoms with Crippen molar-refractivity contribution in [3.8, 4) is 11.6 Å². The summed E-state index contributed by atoms with van der Waals surface area (Å²) in [7, 11) is 0. The molecule has 0 radical (unpaired) electrons. The number of aryl methyl sites for hydroxylation is 1. The van der Waals surface area contributed by atoms with Crippen molar-refractivity contribution in [2.45, 2.75) is 32.5 Å². The lowest BCUT2D eigenvalue weighted by molar-refractivity contribution is -0.154. The minimum Gasteiger partial charge on any atom is -0.493 e. The van der Waals surface area contributed by atoms with E-state index in [0.29, 0.717) is 29.4 Å². The number of rotatable bonds is 9. The number of aromatic nitrogens is 1.